The third kappa shape index (κ3) is 4.29. The molecule has 0 unspecified atom stereocenters. The second-order valence-electron chi connectivity index (χ2n) is 5.36. The molecular formula is C16H22N2O3. The van der Waals surface area contributed by atoms with Gasteiger partial charge in [0.1, 0.15) is 5.75 Å². The van der Waals surface area contributed by atoms with Crippen molar-refractivity contribution in [3.8, 4) is 5.75 Å². The smallest absolute Gasteiger partial charge is 0.260 e. The molecule has 0 saturated carbocycles. The largest absolute Gasteiger partial charge is 0.484 e. The molecule has 1 aliphatic rings. The highest BCUT2D eigenvalue weighted by Crippen LogP contribution is 2.15. The van der Waals surface area contributed by atoms with Crippen LogP contribution in [0.25, 0.3) is 0 Å². The fraction of sp³-hybridized carbons (Fsp3) is 0.500. The minimum Gasteiger partial charge on any atom is -0.484 e. The lowest BCUT2D eigenvalue weighted by atomic mass is 10.1. The molecule has 1 aromatic carbocycles. The van der Waals surface area contributed by atoms with Crippen molar-refractivity contribution in [2.24, 2.45) is 0 Å². The van der Waals surface area contributed by atoms with Crippen LogP contribution in [0.3, 0.4) is 0 Å². The number of rotatable bonds is 5. The average Bonchev–Trinajstić information content (AvgIpc) is 2.53. The van der Waals surface area contributed by atoms with Crippen molar-refractivity contribution >= 4 is 11.7 Å². The number of Topliss-reactive ketones (excluding diaryl/α,β-unsaturated/α-hetero) is 1. The fourth-order valence-electron chi connectivity index (χ4n) is 2.45. The van der Waals surface area contributed by atoms with Gasteiger partial charge in [0, 0.05) is 18.7 Å². The van der Waals surface area contributed by atoms with Crippen LogP contribution in [-0.4, -0.2) is 49.4 Å². The van der Waals surface area contributed by atoms with Gasteiger partial charge in [0.25, 0.3) is 5.91 Å². The number of carbonyl (C=O) groups is 2. The molecule has 1 fully saturated rings. The predicted octanol–water partition coefficient (Wildman–Crippen LogP) is 1.48. The summed E-state index contributed by atoms with van der Waals surface area (Å²) in [5, 5.41) is 3.28. The molecule has 0 aliphatic carbocycles. The summed E-state index contributed by atoms with van der Waals surface area (Å²) in [6.45, 7) is 3.41. The molecule has 1 aromatic rings. The number of benzene rings is 1. The summed E-state index contributed by atoms with van der Waals surface area (Å²) in [4.78, 5) is 25.2. The molecule has 1 heterocycles. The highest BCUT2D eigenvalue weighted by molar-refractivity contribution is 5.94. The van der Waals surface area contributed by atoms with Crippen molar-refractivity contribution in [1.82, 2.24) is 10.2 Å². The van der Waals surface area contributed by atoms with Crippen LogP contribution in [0.15, 0.2) is 24.3 Å². The quantitative estimate of drug-likeness (QED) is 0.835. The maximum absolute atomic E-state index is 12.1. The summed E-state index contributed by atoms with van der Waals surface area (Å²) >= 11 is 0. The SMILES string of the molecule is CC(=O)c1cccc(OCC(=O)N(C)C2CCNCC2)c1. The van der Waals surface area contributed by atoms with Gasteiger partial charge in [0.15, 0.2) is 12.4 Å². The predicted molar refractivity (Wildman–Crippen MR) is 80.6 cm³/mol. The van der Waals surface area contributed by atoms with Gasteiger partial charge in [-0.15, -0.1) is 0 Å². The minimum atomic E-state index is -0.0323. The molecule has 1 N–H and O–H groups in total. The number of nitrogens with zero attached hydrogens (tertiary/aromatic N) is 1. The number of carbonyl (C=O) groups excluding carboxylic acids is 2. The minimum absolute atomic E-state index is 0.00177. The van der Waals surface area contributed by atoms with Gasteiger partial charge in [-0.1, -0.05) is 12.1 Å². The lowest BCUT2D eigenvalue weighted by molar-refractivity contribution is -0.134. The summed E-state index contributed by atoms with van der Waals surface area (Å²) in [5.41, 5.74) is 0.589. The van der Waals surface area contributed by atoms with Crippen LogP contribution in [0.1, 0.15) is 30.1 Å². The highest BCUT2D eigenvalue weighted by Gasteiger charge is 2.22. The van der Waals surface area contributed by atoms with E-state index in [4.69, 9.17) is 4.74 Å². The molecule has 5 heteroatoms. The number of piperidine rings is 1. The zero-order valence-electron chi connectivity index (χ0n) is 12.6. The Morgan fingerprint density at radius 1 is 1.33 bits per heavy atom. The molecule has 114 valence electrons. The Hall–Kier alpha value is -1.88. The molecular weight excluding hydrogens is 268 g/mol. The molecule has 1 amide bonds. The van der Waals surface area contributed by atoms with Crippen molar-refractivity contribution in [3.63, 3.8) is 0 Å². The number of nitrogens with one attached hydrogen (secondary N) is 1. The summed E-state index contributed by atoms with van der Waals surface area (Å²) in [5.74, 6) is 0.503. The van der Waals surface area contributed by atoms with Crippen LogP contribution in [0.4, 0.5) is 0 Å². The van der Waals surface area contributed by atoms with E-state index >= 15 is 0 Å². The van der Waals surface area contributed by atoms with Gasteiger partial charge in [-0.05, 0) is 45.0 Å². The molecule has 21 heavy (non-hydrogen) atoms. The van der Waals surface area contributed by atoms with E-state index in [2.05, 4.69) is 5.32 Å². The molecule has 1 aliphatic heterocycles. The van der Waals surface area contributed by atoms with Gasteiger partial charge in [-0.2, -0.15) is 0 Å². The van der Waals surface area contributed by atoms with E-state index in [1.54, 1.807) is 29.2 Å². The monoisotopic (exact) mass is 290 g/mol. The van der Waals surface area contributed by atoms with E-state index in [1.807, 2.05) is 7.05 Å². The Labute approximate surface area is 125 Å². The van der Waals surface area contributed by atoms with Gasteiger partial charge in [0.2, 0.25) is 0 Å². The Morgan fingerprint density at radius 3 is 2.71 bits per heavy atom. The maximum Gasteiger partial charge on any atom is 0.260 e. The first-order chi connectivity index (χ1) is 10.1. The topological polar surface area (TPSA) is 58.6 Å². The second kappa shape index (κ2) is 7.22. The molecule has 0 bridgehead atoms. The normalized spacial score (nSPS) is 15.5. The van der Waals surface area contributed by atoms with Crippen molar-refractivity contribution in [1.29, 1.82) is 0 Å². The summed E-state index contributed by atoms with van der Waals surface area (Å²) in [7, 11) is 1.83. The van der Waals surface area contributed by atoms with Crippen molar-refractivity contribution in [2.45, 2.75) is 25.8 Å². The first-order valence-electron chi connectivity index (χ1n) is 7.28. The van der Waals surface area contributed by atoms with E-state index in [0.717, 1.165) is 25.9 Å². The first-order valence-corrected chi connectivity index (χ1v) is 7.28. The van der Waals surface area contributed by atoms with Crippen LogP contribution >= 0.6 is 0 Å². The van der Waals surface area contributed by atoms with Gasteiger partial charge >= 0.3 is 0 Å². The van der Waals surface area contributed by atoms with E-state index < -0.39 is 0 Å². The number of hydrogen-bond donors (Lipinski definition) is 1. The van der Waals surface area contributed by atoms with Crippen molar-refractivity contribution < 1.29 is 14.3 Å². The third-order valence-electron chi connectivity index (χ3n) is 3.85. The second-order valence-corrected chi connectivity index (χ2v) is 5.36. The lowest BCUT2D eigenvalue weighted by Gasteiger charge is -2.31. The van der Waals surface area contributed by atoms with Crippen LogP contribution in [-0.2, 0) is 4.79 Å². The summed E-state index contributed by atoms with van der Waals surface area (Å²) in [6, 6.07) is 7.20. The standard InChI is InChI=1S/C16H22N2O3/c1-12(19)13-4-3-5-15(10-13)21-11-16(20)18(2)14-6-8-17-9-7-14/h3-5,10,14,17H,6-9,11H2,1-2H3. The zero-order valence-corrected chi connectivity index (χ0v) is 12.6. The number of hydrogen-bond acceptors (Lipinski definition) is 4. The molecule has 0 spiro atoms. The number of ketones is 1. The molecule has 0 aromatic heterocycles. The van der Waals surface area contributed by atoms with Gasteiger partial charge in [0.05, 0.1) is 0 Å². The molecule has 2 rings (SSSR count). The molecule has 1 saturated heterocycles. The van der Waals surface area contributed by atoms with E-state index in [9.17, 15) is 9.59 Å². The molecule has 0 atom stereocenters. The lowest BCUT2D eigenvalue weighted by Crippen LogP contribution is -2.45. The zero-order chi connectivity index (χ0) is 15.2. The molecule has 0 radical (unpaired) electrons. The number of ether oxygens (including phenoxy) is 1. The molecule has 5 nitrogen and oxygen atoms in total. The van der Waals surface area contributed by atoms with Crippen molar-refractivity contribution in [3.05, 3.63) is 29.8 Å². The fourth-order valence-corrected chi connectivity index (χ4v) is 2.45. The van der Waals surface area contributed by atoms with Gasteiger partial charge in [-0.25, -0.2) is 0 Å². The Morgan fingerprint density at radius 2 is 2.05 bits per heavy atom. The Kier molecular flexibility index (Phi) is 5.33. The van der Waals surface area contributed by atoms with Crippen LogP contribution < -0.4 is 10.1 Å². The van der Waals surface area contributed by atoms with Gasteiger partial charge < -0.3 is 15.0 Å². The van der Waals surface area contributed by atoms with Crippen LogP contribution in [0.5, 0.6) is 5.75 Å². The summed E-state index contributed by atoms with van der Waals surface area (Å²) in [6.07, 6.45) is 1.95. The van der Waals surface area contributed by atoms with E-state index in [0.29, 0.717) is 11.3 Å². The van der Waals surface area contributed by atoms with Crippen LogP contribution in [0, 0.1) is 0 Å². The number of amides is 1. The highest BCUT2D eigenvalue weighted by atomic mass is 16.5. The van der Waals surface area contributed by atoms with E-state index in [-0.39, 0.29) is 24.3 Å². The van der Waals surface area contributed by atoms with Crippen LogP contribution in [0.2, 0.25) is 0 Å². The third-order valence-corrected chi connectivity index (χ3v) is 3.85. The van der Waals surface area contributed by atoms with Gasteiger partial charge in [-0.3, -0.25) is 9.59 Å². The Bertz CT molecular complexity index is 510. The Balaban J connectivity index is 1.88. The average molecular weight is 290 g/mol. The first kappa shape index (κ1) is 15.5. The van der Waals surface area contributed by atoms with Crippen molar-refractivity contribution in [2.75, 3.05) is 26.7 Å². The number of likely N-dealkylation sites (N-methyl/N-ethyl adjacent to an activating group) is 1. The van der Waals surface area contributed by atoms with E-state index in [1.165, 1.54) is 6.92 Å². The summed E-state index contributed by atoms with van der Waals surface area (Å²) < 4.78 is 5.51. The maximum atomic E-state index is 12.1.